The number of amides is 1. The van der Waals surface area contributed by atoms with Crippen molar-refractivity contribution in [1.29, 1.82) is 0 Å². The molecule has 9 heteroatoms. The minimum absolute atomic E-state index is 0.0149. The zero-order chi connectivity index (χ0) is 21.3. The second-order valence-electron chi connectivity index (χ2n) is 6.36. The first kappa shape index (κ1) is 22.2. The fourth-order valence-electron chi connectivity index (χ4n) is 2.51. The molecule has 0 saturated carbocycles. The number of halogens is 3. The van der Waals surface area contributed by atoms with Crippen molar-refractivity contribution in [3.63, 3.8) is 0 Å². The van der Waals surface area contributed by atoms with Gasteiger partial charge in [-0.25, -0.2) is 0 Å². The third kappa shape index (κ3) is 7.44. The van der Waals surface area contributed by atoms with Crippen LogP contribution in [0.5, 0.6) is 0 Å². The van der Waals surface area contributed by atoms with E-state index in [4.69, 9.17) is 0 Å². The molecule has 0 fully saturated rings. The molecule has 0 unspecified atom stereocenters. The van der Waals surface area contributed by atoms with Crippen LogP contribution < -0.4 is 10.6 Å². The third-order valence-corrected chi connectivity index (χ3v) is 4.20. The topological polar surface area (TPSA) is 69.6 Å². The summed E-state index contributed by atoms with van der Waals surface area (Å²) in [5.41, 5.74) is 0.657. The van der Waals surface area contributed by atoms with Crippen molar-refractivity contribution in [3.8, 4) is 0 Å². The second kappa shape index (κ2) is 10.4. The van der Waals surface area contributed by atoms with Crippen molar-refractivity contribution in [3.05, 3.63) is 65.5 Å². The van der Waals surface area contributed by atoms with Crippen LogP contribution in [0.15, 0.2) is 53.7 Å². The summed E-state index contributed by atoms with van der Waals surface area (Å²) in [6, 6.07) is 10.7. The molecule has 2 rings (SSSR count). The summed E-state index contributed by atoms with van der Waals surface area (Å²) in [4.78, 5) is 22.0. The number of carbonyl (C=O) groups is 1. The fraction of sp³-hybridized carbons (Fsp3) is 0.350. The molecule has 29 heavy (non-hydrogen) atoms. The van der Waals surface area contributed by atoms with Gasteiger partial charge in [-0.1, -0.05) is 18.2 Å². The molecule has 2 N–H and O–H groups in total. The molecular weight excluding hydrogens is 383 g/mol. The van der Waals surface area contributed by atoms with E-state index < -0.39 is 11.7 Å². The molecule has 2 aromatic rings. The zero-order valence-electron chi connectivity index (χ0n) is 16.3. The van der Waals surface area contributed by atoms with E-state index in [-0.39, 0.29) is 19.0 Å². The SMILES string of the molecule is CN=C(NCC(=O)N(C)CCc1ccccn1)NCc1cccc(C(F)(F)F)c1. The molecule has 1 aromatic heterocycles. The molecule has 0 spiro atoms. The smallest absolute Gasteiger partial charge is 0.352 e. The molecule has 1 aromatic carbocycles. The number of nitrogens with zero attached hydrogens (tertiary/aromatic N) is 3. The molecule has 0 aliphatic rings. The van der Waals surface area contributed by atoms with E-state index in [1.54, 1.807) is 24.2 Å². The van der Waals surface area contributed by atoms with Crippen molar-refractivity contribution in [2.45, 2.75) is 19.1 Å². The number of pyridine rings is 1. The number of alkyl halides is 3. The second-order valence-corrected chi connectivity index (χ2v) is 6.36. The van der Waals surface area contributed by atoms with Crippen LogP contribution in [0.25, 0.3) is 0 Å². The van der Waals surface area contributed by atoms with Crippen molar-refractivity contribution in [1.82, 2.24) is 20.5 Å². The number of nitrogens with one attached hydrogen (secondary N) is 2. The van der Waals surface area contributed by atoms with Crippen LogP contribution in [0.4, 0.5) is 13.2 Å². The predicted molar refractivity (Wildman–Crippen MR) is 105 cm³/mol. The lowest BCUT2D eigenvalue weighted by Crippen LogP contribution is -2.43. The first-order chi connectivity index (χ1) is 13.8. The van der Waals surface area contributed by atoms with Crippen molar-refractivity contribution in [2.75, 3.05) is 27.2 Å². The predicted octanol–water partition coefficient (Wildman–Crippen LogP) is 2.47. The molecule has 1 heterocycles. The maximum atomic E-state index is 12.8. The highest BCUT2D eigenvalue weighted by molar-refractivity contribution is 5.86. The van der Waals surface area contributed by atoms with Crippen molar-refractivity contribution in [2.24, 2.45) is 4.99 Å². The van der Waals surface area contributed by atoms with E-state index in [2.05, 4.69) is 20.6 Å². The van der Waals surface area contributed by atoms with Gasteiger partial charge in [0.2, 0.25) is 5.91 Å². The van der Waals surface area contributed by atoms with Gasteiger partial charge < -0.3 is 15.5 Å². The summed E-state index contributed by atoms with van der Waals surface area (Å²) < 4.78 is 38.4. The van der Waals surface area contributed by atoms with Crippen LogP contribution in [0, 0.1) is 0 Å². The Hall–Kier alpha value is -3.10. The van der Waals surface area contributed by atoms with Crippen molar-refractivity contribution < 1.29 is 18.0 Å². The molecule has 0 aliphatic heterocycles. The van der Waals surface area contributed by atoms with Crippen LogP contribution >= 0.6 is 0 Å². The van der Waals surface area contributed by atoms with E-state index >= 15 is 0 Å². The molecule has 0 bridgehead atoms. The first-order valence-electron chi connectivity index (χ1n) is 9.04. The average molecular weight is 407 g/mol. The summed E-state index contributed by atoms with van der Waals surface area (Å²) in [5, 5.41) is 5.78. The van der Waals surface area contributed by atoms with E-state index in [1.807, 2.05) is 18.2 Å². The molecule has 156 valence electrons. The Morgan fingerprint density at radius 3 is 2.62 bits per heavy atom. The number of hydrogen-bond donors (Lipinski definition) is 2. The Morgan fingerprint density at radius 2 is 1.97 bits per heavy atom. The van der Waals surface area contributed by atoms with Gasteiger partial charge in [-0.15, -0.1) is 0 Å². The highest BCUT2D eigenvalue weighted by Gasteiger charge is 2.30. The Morgan fingerprint density at radius 1 is 1.17 bits per heavy atom. The third-order valence-electron chi connectivity index (χ3n) is 4.20. The summed E-state index contributed by atoms with van der Waals surface area (Å²) in [7, 11) is 3.22. The van der Waals surface area contributed by atoms with Crippen LogP contribution in [0.1, 0.15) is 16.8 Å². The molecule has 1 amide bonds. The largest absolute Gasteiger partial charge is 0.416 e. The van der Waals surface area contributed by atoms with Gasteiger partial charge in [0.05, 0.1) is 12.1 Å². The van der Waals surface area contributed by atoms with Crippen LogP contribution in [-0.4, -0.2) is 48.9 Å². The van der Waals surface area contributed by atoms with E-state index in [0.717, 1.165) is 17.8 Å². The van der Waals surface area contributed by atoms with Gasteiger partial charge in [-0.2, -0.15) is 13.2 Å². The lowest BCUT2D eigenvalue weighted by atomic mass is 10.1. The zero-order valence-corrected chi connectivity index (χ0v) is 16.3. The van der Waals surface area contributed by atoms with Crippen molar-refractivity contribution >= 4 is 11.9 Å². The van der Waals surface area contributed by atoms with Crippen LogP contribution in [0.2, 0.25) is 0 Å². The van der Waals surface area contributed by atoms with Gasteiger partial charge in [0.1, 0.15) is 0 Å². The fourth-order valence-corrected chi connectivity index (χ4v) is 2.51. The van der Waals surface area contributed by atoms with Gasteiger partial charge in [0, 0.05) is 45.5 Å². The molecule has 0 radical (unpaired) electrons. The number of carbonyl (C=O) groups excluding carboxylic acids is 1. The molecule has 0 atom stereocenters. The Balaban J connectivity index is 1.79. The summed E-state index contributed by atoms with van der Waals surface area (Å²) in [6.45, 7) is 0.683. The van der Waals surface area contributed by atoms with Gasteiger partial charge >= 0.3 is 6.18 Å². The maximum Gasteiger partial charge on any atom is 0.416 e. The van der Waals surface area contributed by atoms with Gasteiger partial charge in [0.15, 0.2) is 5.96 Å². The standard InChI is InChI=1S/C20H24F3N5O/c1-24-19(26-13-15-6-5-7-16(12-15)20(21,22)23)27-14-18(29)28(2)11-9-17-8-3-4-10-25-17/h3-8,10,12H,9,11,13-14H2,1-2H3,(H2,24,26,27). The van der Waals surface area contributed by atoms with Gasteiger partial charge in [0.25, 0.3) is 0 Å². The quantitative estimate of drug-likeness (QED) is 0.547. The van der Waals surface area contributed by atoms with Gasteiger partial charge in [-0.05, 0) is 29.8 Å². The highest BCUT2D eigenvalue weighted by atomic mass is 19.4. The normalized spacial score (nSPS) is 11.8. The lowest BCUT2D eigenvalue weighted by Gasteiger charge is -2.18. The minimum atomic E-state index is -4.39. The molecule has 6 nitrogen and oxygen atoms in total. The number of benzene rings is 1. The maximum absolute atomic E-state index is 12.8. The summed E-state index contributed by atoms with van der Waals surface area (Å²) in [6.07, 6.45) is -2.04. The number of likely N-dealkylation sites (N-methyl/N-ethyl adjacent to an activating group) is 1. The average Bonchev–Trinajstić information content (AvgIpc) is 2.72. The lowest BCUT2D eigenvalue weighted by molar-refractivity contribution is -0.137. The minimum Gasteiger partial charge on any atom is -0.352 e. The van der Waals surface area contributed by atoms with E-state index in [9.17, 15) is 18.0 Å². The number of rotatable bonds is 7. The Bertz CT molecular complexity index is 824. The molecule has 0 aliphatic carbocycles. The van der Waals surface area contributed by atoms with E-state index in [1.165, 1.54) is 13.1 Å². The van der Waals surface area contributed by atoms with E-state index in [0.29, 0.717) is 24.5 Å². The molecule has 0 saturated heterocycles. The number of aliphatic imine (C=N–C) groups is 1. The van der Waals surface area contributed by atoms with Crippen LogP contribution in [-0.2, 0) is 23.9 Å². The Kier molecular flexibility index (Phi) is 7.99. The number of hydrogen-bond acceptors (Lipinski definition) is 3. The first-order valence-corrected chi connectivity index (χ1v) is 9.04. The molecular formula is C20H24F3N5O. The summed E-state index contributed by atoms with van der Waals surface area (Å²) >= 11 is 0. The number of aromatic nitrogens is 1. The monoisotopic (exact) mass is 407 g/mol. The van der Waals surface area contributed by atoms with Gasteiger partial charge in [-0.3, -0.25) is 14.8 Å². The highest BCUT2D eigenvalue weighted by Crippen LogP contribution is 2.29. The van der Waals surface area contributed by atoms with Crippen LogP contribution in [0.3, 0.4) is 0 Å². The summed E-state index contributed by atoms with van der Waals surface area (Å²) in [5.74, 6) is 0.192. The Labute approximate surface area is 167 Å². The number of guanidine groups is 1.